The number of carbonyl (C=O) groups is 1. The lowest BCUT2D eigenvalue weighted by Crippen LogP contribution is -2.31. The Balaban J connectivity index is 1.96. The monoisotopic (exact) mass is 356 g/mol. The second-order valence-corrected chi connectivity index (χ2v) is 6.78. The summed E-state index contributed by atoms with van der Waals surface area (Å²) in [5.74, 6) is 0.449. The van der Waals surface area contributed by atoms with E-state index in [-0.39, 0.29) is 16.9 Å². The van der Waals surface area contributed by atoms with Gasteiger partial charge in [-0.15, -0.1) is 0 Å². The first-order valence-corrected chi connectivity index (χ1v) is 8.24. The Bertz CT molecular complexity index is 877. The Labute approximate surface area is 152 Å². The number of nitrogens with zero attached hydrogens (tertiary/aromatic N) is 2. The summed E-state index contributed by atoms with van der Waals surface area (Å²) >= 11 is 0. The van der Waals surface area contributed by atoms with E-state index in [0.29, 0.717) is 18.0 Å². The van der Waals surface area contributed by atoms with Crippen LogP contribution in [-0.2, 0) is 0 Å². The van der Waals surface area contributed by atoms with Gasteiger partial charge in [-0.2, -0.15) is 5.10 Å². The van der Waals surface area contributed by atoms with Crippen molar-refractivity contribution in [1.82, 2.24) is 5.01 Å². The minimum Gasteiger partial charge on any atom is -0.493 e. The molecule has 1 amide bonds. The van der Waals surface area contributed by atoms with Gasteiger partial charge >= 0.3 is 0 Å². The van der Waals surface area contributed by atoms with Crippen molar-refractivity contribution >= 4 is 11.6 Å². The molecule has 1 heterocycles. The molecule has 0 radical (unpaired) electrons. The Kier molecular flexibility index (Phi) is 4.68. The molecule has 26 heavy (non-hydrogen) atoms. The number of hydrogen-bond donors (Lipinski definition) is 0. The van der Waals surface area contributed by atoms with Gasteiger partial charge in [-0.05, 0) is 36.4 Å². The predicted molar refractivity (Wildman–Crippen MR) is 97.3 cm³/mol. The van der Waals surface area contributed by atoms with Crippen molar-refractivity contribution in [2.75, 3.05) is 20.8 Å². The van der Waals surface area contributed by atoms with Crippen molar-refractivity contribution in [1.29, 1.82) is 0 Å². The van der Waals surface area contributed by atoms with Gasteiger partial charge in [-0.25, -0.2) is 9.40 Å². The fourth-order valence-corrected chi connectivity index (χ4v) is 3.06. The van der Waals surface area contributed by atoms with Gasteiger partial charge in [0, 0.05) is 16.5 Å². The zero-order chi connectivity index (χ0) is 18.9. The van der Waals surface area contributed by atoms with E-state index in [1.54, 1.807) is 20.3 Å². The minimum absolute atomic E-state index is 0.276. The van der Waals surface area contributed by atoms with Crippen molar-refractivity contribution in [3.8, 4) is 11.5 Å². The Hall–Kier alpha value is -2.89. The molecule has 6 heteroatoms. The molecule has 2 aromatic rings. The highest BCUT2D eigenvalue weighted by molar-refractivity contribution is 6.08. The molecule has 2 aromatic carbocycles. The Morgan fingerprint density at radius 2 is 1.85 bits per heavy atom. The zero-order valence-corrected chi connectivity index (χ0v) is 15.2. The van der Waals surface area contributed by atoms with Crippen LogP contribution in [0.2, 0.25) is 0 Å². The van der Waals surface area contributed by atoms with Crippen LogP contribution in [0.4, 0.5) is 4.39 Å². The summed E-state index contributed by atoms with van der Waals surface area (Å²) in [4.78, 5) is 12.7. The van der Waals surface area contributed by atoms with Crippen LogP contribution in [0.5, 0.6) is 11.5 Å². The molecule has 0 aliphatic carbocycles. The van der Waals surface area contributed by atoms with Crippen molar-refractivity contribution in [3.63, 3.8) is 0 Å². The lowest BCUT2D eigenvalue weighted by atomic mass is 9.84. The second kappa shape index (κ2) is 6.78. The molecule has 0 fully saturated rings. The molecular weight excluding hydrogens is 335 g/mol. The van der Waals surface area contributed by atoms with E-state index in [9.17, 15) is 9.18 Å². The van der Waals surface area contributed by atoms with Crippen LogP contribution in [0.3, 0.4) is 0 Å². The number of amides is 1. The van der Waals surface area contributed by atoms with E-state index in [2.05, 4.69) is 5.10 Å². The number of rotatable bonds is 4. The van der Waals surface area contributed by atoms with Crippen LogP contribution in [0.25, 0.3) is 0 Å². The molecule has 1 aliphatic heterocycles. The zero-order valence-electron chi connectivity index (χ0n) is 15.2. The van der Waals surface area contributed by atoms with Crippen LogP contribution in [-0.4, -0.2) is 37.4 Å². The number of halogens is 1. The Morgan fingerprint density at radius 1 is 1.12 bits per heavy atom. The molecule has 0 saturated carbocycles. The normalized spacial score (nSPS) is 15.6. The van der Waals surface area contributed by atoms with Crippen LogP contribution in [0.1, 0.15) is 29.8 Å². The lowest BCUT2D eigenvalue weighted by molar-refractivity contribution is 0.0753. The van der Waals surface area contributed by atoms with Crippen molar-refractivity contribution in [2.24, 2.45) is 10.5 Å². The average Bonchev–Trinajstić information content (AvgIpc) is 2.95. The van der Waals surface area contributed by atoms with Gasteiger partial charge in [-0.3, -0.25) is 4.79 Å². The third kappa shape index (κ3) is 3.27. The van der Waals surface area contributed by atoms with Crippen molar-refractivity contribution in [2.45, 2.75) is 13.8 Å². The van der Waals surface area contributed by atoms with E-state index in [0.717, 1.165) is 11.3 Å². The SMILES string of the molecule is COc1ccc(C2=NN(C(=O)c3cccc(F)c3)CC2(C)C)cc1OC. The average molecular weight is 356 g/mol. The molecule has 0 atom stereocenters. The first-order valence-electron chi connectivity index (χ1n) is 8.24. The van der Waals surface area contributed by atoms with Gasteiger partial charge in [0.25, 0.3) is 5.91 Å². The standard InChI is InChI=1S/C20H21FN2O3/c1-20(2)12-23(19(24)14-6-5-7-15(21)10-14)22-18(20)13-8-9-16(25-3)17(11-13)26-4/h5-11H,12H2,1-4H3. The smallest absolute Gasteiger partial charge is 0.274 e. The van der Waals surface area contributed by atoms with E-state index < -0.39 is 5.82 Å². The third-order valence-electron chi connectivity index (χ3n) is 4.37. The van der Waals surface area contributed by atoms with E-state index in [1.165, 1.54) is 23.2 Å². The lowest BCUT2D eigenvalue weighted by Gasteiger charge is -2.21. The van der Waals surface area contributed by atoms with Gasteiger partial charge in [0.05, 0.1) is 26.5 Å². The largest absolute Gasteiger partial charge is 0.493 e. The van der Waals surface area contributed by atoms with Crippen LogP contribution in [0.15, 0.2) is 47.6 Å². The fourth-order valence-electron chi connectivity index (χ4n) is 3.06. The second-order valence-electron chi connectivity index (χ2n) is 6.78. The molecule has 1 aliphatic rings. The van der Waals surface area contributed by atoms with Crippen LogP contribution in [0, 0.1) is 11.2 Å². The van der Waals surface area contributed by atoms with Gasteiger partial charge < -0.3 is 9.47 Å². The maximum atomic E-state index is 13.4. The molecule has 0 unspecified atom stereocenters. The summed E-state index contributed by atoms with van der Waals surface area (Å²) in [5.41, 5.74) is 1.53. The molecule has 0 saturated heterocycles. The molecule has 0 aromatic heterocycles. The molecular formula is C20H21FN2O3. The highest BCUT2D eigenvalue weighted by Crippen LogP contribution is 2.35. The number of hydrogen-bond acceptors (Lipinski definition) is 4. The quantitative estimate of drug-likeness (QED) is 0.839. The van der Waals surface area contributed by atoms with Crippen molar-refractivity contribution < 1.29 is 18.7 Å². The number of methoxy groups -OCH3 is 2. The molecule has 136 valence electrons. The topological polar surface area (TPSA) is 51.1 Å². The van der Waals surface area contributed by atoms with Crippen molar-refractivity contribution in [3.05, 3.63) is 59.4 Å². The number of carbonyl (C=O) groups excluding carboxylic acids is 1. The summed E-state index contributed by atoms with van der Waals surface area (Å²) < 4.78 is 24.1. The summed E-state index contributed by atoms with van der Waals surface area (Å²) in [5, 5.41) is 5.92. The first-order chi connectivity index (χ1) is 12.4. The van der Waals surface area contributed by atoms with Gasteiger partial charge in [0.1, 0.15) is 5.82 Å². The van der Waals surface area contributed by atoms with Gasteiger partial charge in [-0.1, -0.05) is 19.9 Å². The highest BCUT2D eigenvalue weighted by atomic mass is 19.1. The molecule has 0 spiro atoms. The maximum Gasteiger partial charge on any atom is 0.274 e. The summed E-state index contributed by atoms with van der Waals surface area (Å²) in [7, 11) is 3.15. The third-order valence-corrected chi connectivity index (χ3v) is 4.37. The number of hydrazone groups is 1. The Morgan fingerprint density at radius 3 is 2.50 bits per heavy atom. The summed E-state index contributed by atoms with van der Waals surface area (Å²) in [6.45, 7) is 4.44. The summed E-state index contributed by atoms with van der Waals surface area (Å²) in [6.07, 6.45) is 0. The number of ether oxygens (including phenoxy) is 2. The van der Waals surface area contributed by atoms with E-state index in [4.69, 9.17) is 9.47 Å². The van der Waals surface area contributed by atoms with E-state index in [1.807, 2.05) is 32.0 Å². The fraction of sp³-hybridized carbons (Fsp3) is 0.300. The first kappa shape index (κ1) is 17.9. The van der Waals surface area contributed by atoms with Gasteiger partial charge in [0.15, 0.2) is 11.5 Å². The maximum absolute atomic E-state index is 13.4. The number of benzene rings is 2. The minimum atomic E-state index is -0.446. The highest BCUT2D eigenvalue weighted by Gasteiger charge is 2.38. The molecule has 0 N–H and O–H groups in total. The van der Waals surface area contributed by atoms with E-state index >= 15 is 0 Å². The summed E-state index contributed by atoms with van der Waals surface area (Å²) in [6, 6.07) is 11.2. The van der Waals surface area contributed by atoms with Gasteiger partial charge in [0.2, 0.25) is 0 Å². The van der Waals surface area contributed by atoms with Crippen LogP contribution < -0.4 is 9.47 Å². The predicted octanol–water partition coefficient (Wildman–Crippen LogP) is 3.73. The molecule has 3 rings (SSSR count). The van der Waals surface area contributed by atoms with Crippen LogP contribution >= 0.6 is 0 Å². The molecule has 5 nitrogen and oxygen atoms in total. The molecule has 0 bridgehead atoms.